The highest BCUT2D eigenvalue weighted by atomic mass is 19.1. The molecule has 11 heteroatoms. The normalized spacial score (nSPS) is 15.2. The number of fused-ring (bicyclic) bond motifs is 1. The van der Waals surface area contributed by atoms with E-state index in [9.17, 15) is 18.8 Å². The fourth-order valence-corrected chi connectivity index (χ4v) is 4.13. The summed E-state index contributed by atoms with van der Waals surface area (Å²) in [7, 11) is 0. The molecule has 5 N–H and O–H groups in total. The van der Waals surface area contributed by atoms with Gasteiger partial charge in [0, 0.05) is 23.0 Å². The van der Waals surface area contributed by atoms with E-state index in [1.54, 1.807) is 55.7 Å². The Morgan fingerprint density at radius 3 is 2.76 bits per heavy atom. The van der Waals surface area contributed by atoms with Gasteiger partial charge in [-0.25, -0.2) is 9.18 Å². The molecule has 0 radical (unpaired) electrons. The molecule has 0 fully saturated rings. The van der Waals surface area contributed by atoms with Gasteiger partial charge < -0.3 is 21.3 Å². The van der Waals surface area contributed by atoms with E-state index in [4.69, 9.17) is 0 Å². The van der Waals surface area contributed by atoms with E-state index in [1.807, 2.05) is 0 Å². The molecule has 10 nitrogen and oxygen atoms in total. The molecule has 0 unspecified atom stereocenters. The second kappa shape index (κ2) is 9.90. The molecule has 4 aromatic rings. The number of nitrogens with zero attached hydrogens (tertiary/aromatic N) is 2. The fraction of sp³-hybridized carbons (Fsp3) is 0.115. The minimum atomic E-state index is -0.922. The number of nitrogens with one attached hydrogen (secondary N) is 5. The van der Waals surface area contributed by atoms with E-state index in [2.05, 4.69) is 36.4 Å². The van der Waals surface area contributed by atoms with Crippen molar-refractivity contribution < 1.29 is 18.8 Å². The van der Waals surface area contributed by atoms with Gasteiger partial charge in [-0.15, -0.1) is 0 Å². The van der Waals surface area contributed by atoms with Crippen LogP contribution in [0.5, 0.6) is 0 Å². The molecule has 2 aromatic heterocycles. The Morgan fingerprint density at radius 1 is 1.08 bits per heavy atom. The number of halogens is 1. The van der Waals surface area contributed by atoms with Gasteiger partial charge in [-0.05, 0) is 55.0 Å². The summed E-state index contributed by atoms with van der Waals surface area (Å²) < 4.78 is 14.6. The molecular formula is C26H22FN7O3. The van der Waals surface area contributed by atoms with Crippen molar-refractivity contribution in [2.75, 3.05) is 5.32 Å². The molecule has 0 saturated heterocycles. The Kier molecular flexibility index (Phi) is 6.33. The first kappa shape index (κ1) is 23.7. The van der Waals surface area contributed by atoms with Crippen molar-refractivity contribution in [1.82, 2.24) is 31.1 Å². The number of H-pyrrole nitrogens is 1. The quantitative estimate of drug-likeness (QED) is 0.277. The number of hydrogen-bond acceptors (Lipinski definition) is 5. The molecule has 0 bridgehead atoms. The zero-order valence-electron chi connectivity index (χ0n) is 19.6. The molecule has 3 heterocycles. The average molecular weight is 500 g/mol. The summed E-state index contributed by atoms with van der Waals surface area (Å²) in [4.78, 5) is 42.5. The summed E-state index contributed by atoms with van der Waals surface area (Å²) in [6.45, 7) is 1.71. The molecule has 4 amide bonds. The van der Waals surface area contributed by atoms with Crippen molar-refractivity contribution in [3.8, 4) is 0 Å². The van der Waals surface area contributed by atoms with Crippen LogP contribution in [-0.2, 0) is 11.3 Å². The summed E-state index contributed by atoms with van der Waals surface area (Å²) in [5.74, 6) is -1.85. The third-order valence-corrected chi connectivity index (χ3v) is 5.94. The molecule has 37 heavy (non-hydrogen) atoms. The van der Waals surface area contributed by atoms with Crippen LogP contribution in [0.3, 0.4) is 0 Å². The van der Waals surface area contributed by atoms with Crippen molar-refractivity contribution in [3.05, 3.63) is 101 Å². The van der Waals surface area contributed by atoms with Crippen LogP contribution in [0.25, 0.3) is 10.9 Å². The fourth-order valence-electron chi connectivity index (χ4n) is 4.13. The molecule has 0 saturated carbocycles. The first-order valence-corrected chi connectivity index (χ1v) is 11.4. The molecule has 0 spiro atoms. The van der Waals surface area contributed by atoms with Gasteiger partial charge in [0.2, 0.25) is 0 Å². The smallest absolute Gasteiger partial charge is 0.319 e. The lowest BCUT2D eigenvalue weighted by Gasteiger charge is -2.29. The Labute approximate surface area is 210 Å². The SMILES string of the molecule is CC1=C(C(=O)Nc2ccc3[nH]ncc3c2)[C@@H](c2ccc(F)c(C(=O)NCc3ccccn3)c2)NC(=O)N1. The van der Waals surface area contributed by atoms with E-state index >= 15 is 0 Å². The predicted octanol–water partition coefficient (Wildman–Crippen LogP) is 3.29. The molecule has 0 aliphatic carbocycles. The molecule has 1 atom stereocenters. The van der Waals surface area contributed by atoms with E-state index in [1.165, 1.54) is 12.1 Å². The lowest BCUT2D eigenvalue weighted by Crippen LogP contribution is -2.46. The van der Waals surface area contributed by atoms with Gasteiger partial charge in [0.1, 0.15) is 5.82 Å². The van der Waals surface area contributed by atoms with Gasteiger partial charge in [-0.2, -0.15) is 5.10 Å². The van der Waals surface area contributed by atoms with Crippen LogP contribution in [0.4, 0.5) is 14.9 Å². The van der Waals surface area contributed by atoms with Crippen LogP contribution in [0.15, 0.2) is 78.3 Å². The third-order valence-electron chi connectivity index (χ3n) is 5.94. The van der Waals surface area contributed by atoms with Crippen LogP contribution in [-0.4, -0.2) is 33.0 Å². The van der Waals surface area contributed by atoms with Gasteiger partial charge in [0.05, 0.1) is 41.1 Å². The van der Waals surface area contributed by atoms with E-state index in [-0.39, 0.29) is 17.7 Å². The van der Waals surface area contributed by atoms with Crippen LogP contribution in [0.2, 0.25) is 0 Å². The highest BCUT2D eigenvalue weighted by Gasteiger charge is 2.32. The monoisotopic (exact) mass is 499 g/mol. The molecule has 5 rings (SSSR count). The van der Waals surface area contributed by atoms with Gasteiger partial charge in [0.15, 0.2) is 0 Å². The summed E-state index contributed by atoms with van der Waals surface area (Å²) >= 11 is 0. The van der Waals surface area contributed by atoms with Gasteiger partial charge in [-0.1, -0.05) is 12.1 Å². The van der Waals surface area contributed by atoms with Crippen LogP contribution in [0.1, 0.15) is 34.6 Å². The number of rotatable bonds is 6. The zero-order chi connectivity index (χ0) is 25.9. The number of allylic oxidation sites excluding steroid dienone is 1. The summed E-state index contributed by atoms with van der Waals surface area (Å²) in [5.41, 5.74) is 2.67. The van der Waals surface area contributed by atoms with E-state index < -0.39 is 29.7 Å². The number of pyridine rings is 1. The lowest BCUT2D eigenvalue weighted by molar-refractivity contribution is -0.113. The molecule has 2 aromatic carbocycles. The number of carbonyl (C=O) groups is 3. The standard InChI is InChI=1S/C26H22FN7O3/c1-14-22(25(36)32-17-6-8-21-16(10-17)12-30-34-21)23(33-26(37)31-14)15-5-7-20(27)19(11-15)24(35)29-13-18-4-2-3-9-28-18/h2-12,23H,13H2,1H3,(H,29,35)(H,30,34)(H,32,36)(H2,31,33,37)/t23-/m1/s1. The Hall–Kier alpha value is -5.06. The zero-order valence-corrected chi connectivity index (χ0v) is 19.6. The first-order chi connectivity index (χ1) is 17.9. The van der Waals surface area contributed by atoms with Crippen molar-refractivity contribution in [2.45, 2.75) is 19.5 Å². The Balaban J connectivity index is 1.41. The van der Waals surface area contributed by atoms with Gasteiger partial charge in [0.25, 0.3) is 11.8 Å². The largest absolute Gasteiger partial charge is 0.346 e. The number of amides is 4. The van der Waals surface area contributed by atoms with Crippen molar-refractivity contribution in [2.24, 2.45) is 0 Å². The number of urea groups is 1. The van der Waals surface area contributed by atoms with Crippen molar-refractivity contribution >= 4 is 34.4 Å². The molecule has 1 aliphatic rings. The highest BCUT2D eigenvalue weighted by molar-refractivity contribution is 6.07. The molecular weight excluding hydrogens is 477 g/mol. The number of hydrogen-bond donors (Lipinski definition) is 5. The lowest BCUT2D eigenvalue weighted by atomic mass is 9.93. The van der Waals surface area contributed by atoms with Crippen LogP contribution >= 0.6 is 0 Å². The Morgan fingerprint density at radius 2 is 1.95 bits per heavy atom. The maximum atomic E-state index is 14.6. The van der Waals surface area contributed by atoms with E-state index in [0.717, 1.165) is 17.0 Å². The first-order valence-electron chi connectivity index (χ1n) is 11.4. The third kappa shape index (κ3) is 5.01. The number of anilines is 1. The minimum Gasteiger partial charge on any atom is -0.346 e. The van der Waals surface area contributed by atoms with Crippen molar-refractivity contribution in [1.29, 1.82) is 0 Å². The average Bonchev–Trinajstić information content (AvgIpc) is 3.35. The number of aromatic amines is 1. The second-order valence-corrected chi connectivity index (χ2v) is 8.44. The summed E-state index contributed by atoms with van der Waals surface area (Å²) in [5, 5.41) is 18.4. The second-order valence-electron chi connectivity index (χ2n) is 8.44. The van der Waals surface area contributed by atoms with Gasteiger partial charge in [-0.3, -0.25) is 19.7 Å². The van der Waals surface area contributed by atoms with Crippen LogP contribution < -0.4 is 21.3 Å². The molecule has 1 aliphatic heterocycles. The number of aromatic nitrogens is 3. The van der Waals surface area contributed by atoms with Gasteiger partial charge >= 0.3 is 6.03 Å². The van der Waals surface area contributed by atoms with E-state index in [0.29, 0.717) is 22.6 Å². The maximum absolute atomic E-state index is 14.6. The Bertz CT molecular complexity index is 1550. The topological polar surface area (TPSA) is 141 Å². The molecule has 186 valence electrons. The van der Waals surface area contributed by atoms with Crippen LogP contribution in [0, 0.1) is 5.82 Å². The summed E-state index contributed by atoms with van der Waals surface area (Å²) in [6, 6.07) is 13.0. The highest BCUT2D eigenvalue weighted by Crippen LogP contribution is 2.29. The maximum Gasteiger partial charge on any atom is 0.319 e. The predicted molar refractivity (Wildman–Crippen MR) is 134 cm³/mol. The van der Waals surface area contributed by atoms with Crippen molar-refractivity contribution in [3.63, 3.8) is 0 Å². The number of carbonyl (C=O) groups excluding carboxylic acids is 3. The summed E-state index contributed by atoms with van der Waals surface area (Å²) in [6.07, 6.45) is 3.23. The minimum absolute atomic E-state index is 0.112. The number of benzene rings is 2.